The molecule has 1 amide bonds. The summed E-state index contributed by atoms with van der Waals surface area (Å²) >= 11 is 3.34. The van der Waals surface area contributed by atoms with Crippen LogP contribution in [0.2, 0.25) is 0 Å². The fourth-order valence-corrected chi connectivity index (χ4v) is 2.69. The van der Waals surface area contributed by atoms with E-state index in [1.54, 1.807) is 25.3 Å². The Morgan fingerprint density at radius 3 is 2.46 bits per heavy atom. The summed E-state index contributed by atoms with van der Waals surface area (Å²) in [6.45, 7) is 0. The molecule has 0 atom stereocenters. The van der Waals surface area contributed by atoms with Gasteiger partial charge in [-0.25, -0.2) is 0 Å². The Hall–Kier alpha value is -2.87. The van der Waals surface area contributed by atoms with Crippen LogP contribution in [-0.4, -0.2) is 30.3 Å². The Morgan fingerprint density at radius 2 is 1.77 bits per heavy atom. The fraction of sp³-hybridized carbons (Fsp3) is 0.167. The first-order valence-electron chi connectivity index (χ1n) is 7.69. The first-order chi connectivity index (χ1) is 12.6. The second-order valence-corrected chi connectivity index (χ2v) is 6.18. The van der Waals surface area contributed by atoms with Crippen molar-refractivity contribution in [3.8, 4) is 11.5 Å². The maximum Gasteiger partial charge on any atom is 0.322 e. The van der Waals surface area contributed by atoms with Gasteiger partial charge in [0.15, 0.2) is 0 Å². The summed E-state index contributed by atoms with van der Waals surface area (Å²) in [4.78, 5) is 12.4. The molecule has 0 radical (unpaired) electrons. The molecule has 1 aromatic heterocycles. The number of nitrogens with one attached hydrogen (secondary N) is 1. The molecule has 2 aromatic carbocycles. The number of rotatable bonds is 6. The molecule has 8 heteroatoms. The zero-order valence-electron chi connectivity index (χ0n) is 14.2. The Balaban J connectivity index is 1.68. The van der Waals surface area contributed by atoms with E-state index in [0.717, 1.165) is 11.3 Å². The summed E-state index contributed by atoms with van der Waals surface area (Å²) in [6.07, 6.45) is 0.454. The topological polar surface area (TPSA) is 86.5 Å². The predicted octanol–water partition coefficient (Wildman–Crippen LogP) is 3.69. The van der Waals surface area contributed by atoms with Crippen molar-refractivity contribution in [2.45, 2.75) is 6.42 Å². The van der Waals surface area contributed by atoms with Gasteiger partial charge >= 0.3 is 6.01 Å². The van der Waals surface area contributed by atoms with Gasteiger partial charge in [0.2, 0.25) is 5.89 Å². The normalized spacial score (nSPS) is 10.4. The summed E-state index contributed by atoms with van der Waals surface area (Å²) in [5.41, 5.74) is 1.39. The predicted molar refractivity (Wildman–Crippen MR) is 98.7 cm³/mol. The number of aromatic nitrogens is 2. The molecule has 3 rings (SSSR count). The molecule has 0 unspecified atom stereocenters. The van der Waals surface area contributed by atoms with E-state index in [1.807, 2.05) is 24.3 Å². The lowest BCUT2D eigenvalue weighted by molar-refractivity contribution is 0.102. The number of nitrogens with zero attached hydrogens (tertiary/aromatic N) is 2. The van der Waals surface area contributed by atoms with Crippen LogP contribution in [0.15, 0.2) is 51.4 Å². The zero-order valence-corrected chi connectivity index (χ0v) is 15.7. The van der Waals surface area contributed by atoms with Gasteiger partial charge in [-0.05, 0) is 51.8 Å². The molecule has 0 saturated heterocycles. The smallest absolute Gasteiger partial charge is 0.322 e. The van der Waals surface area contributed by atoms with Crippen molar-refractivity contribution in [2.24, 2.45) is 0 Å². The van der Waals surface area contributed by atoms with Crippen molar-refractivity contribution in [3.05, 3.63) is 64.0 Å². The van der Waals surface area contributed by atoms with E-state index in [-0.39, 0.29) is 11.9 Å². The van der Waals surface area contributed by atoms with E-state index in [1.165, 1.54) is 7.11 Å². The molecule has 0 spiro atoms. The minimum Gasteiger partial charge on any atom is -0.497 e. The highest BCUT2D eigenvalue weighted by atomic mass is 79.9. The van der Waals surface area contributed by atoms with Crippen molar-refractivity contribution in [1.29, 1.82) is 0 Å². The maximum absolute atomic E-state index is 12.4. The lowest BCUT2D eigenvalue weighted by Gasteiger charge is -2.06. The quantitative estimate of drug-likeness (QED) is 0.657. The van der Waals surface area contributed by atoms with Gasteiger partial charge < -0.3 is 13.9 Å². The minimum atomic E-state index is -0.379. The lowest BCUT2D eigenvalue weighted by Crippen LogP contribution is -2.13. The second-order valence-electron chi connectivity index (χ2n) is 5.33. The first-order valence-corrected chi connectivity index (χ1v) is 8.48. The van der Waals surface area contributed by atoms with Crippen LogP contribution in [0.5, 0.6) is 11.5 Å². The van der Waals surface area contributed by atoms with Crippen LogP contribution in [0.4, 0.5) is 6.01 Å². The largest absolute Gasteiger partial charge is 0.497 e. The van der Waals surface area contributed by atoms with Crippen molar-refractivity contribution in [2.75, 3.05) is 19.5 Å². The molecular weight excluding hydrogens is 402 g/mol. The highest BCUT2D eigenvalue weighted by Crippen LogP contribution is 2.23. The summed E-state index contributed by atoms with van der Waals surface area (Å²) in [5.74, 6) is 1.37. The molecule has 0 fully saturated rings. The molecule has 3 aromatic rings. The average Bonchev–Trinajstić information content (AvgIpc) is 3.09. The van der Waals surface area contributed by atoms with Crippen molar-refractivity contribution >= 4 is 27.9 Å². The maximum atomic E-state index is 12.4. The molecule has 1 heterocycles. The van der Waals surface area contributed by atoms with Crippen molar-refractivity contribution < 1.29 is 18.7 Å². The summed E-state index contributed by atoms with van der Waals surface area (Å²) in [5, 5.41) is 10.4. The number of benzene rings is 2. The van der Waals surface area contributed by atoms with Gasteiger partial charge in [0, 0.05) is 4.47 Å². The zero-order chi connectivity index (χ0) is 18.5. The van der Waals surface area contributed by atoms with Crippen LogP contribution in [0.1, 0.15) is 21.8 Å². The standard InChI is InChI=1S/C18H16BrN3O4/c1-24-12-5-3-11(4-6-12)9-16-21-22-18(26-16)20-17(23)14-10-13(25-2)7-8-15(14)19/h3-8,10H,9H2,1-2H3,(H,20,22,23). The molecule has 26 heavy (non-hydrogen) atoms. The molecule has 0 aliphatic heterocycles. The summed E-state index contributed by atoms with van der Waals surface area (Å²) < 4.78 is 16.4. The Bertz CT molecular complexity index is 909. The highest BCUT2D eigenvalue weighted by Gasteiger charge is 2.15. The SMILES string of the molecule is COc1ccc(Cc2nnc(NC(=O)c3cc(OC)ccc3Br)o2)cc1. The van der Waals surface area contributed by atoms with Crippen LogP contribution >= 0.6 is 15.9 Å². The van der Waals surface area contributed by atoms with E-state index in [9.17, 15) is 4.79 Å². The summed E-state index contributed by atoms with van der Waals surface area (Å²) in [6, 6.07) is 12.7. The fourth-order valence-electron chi connectivity index (χ4n) is 2.26. The van der Waals surface area contributed by atoms with Crippen LogP contribution in [0, 0.1) is 0 Å². The number of carbonyl (C=O) groups is 1. The summed E-state index contributed by atoms with van der Waals surface area (Å²) in [7, 11) is 3.15. The molecule has 0 saturated carbocycles. The van der Waals surface area contributed by atoms with Gasteiger partial charge in [-0.3, -0.25) is 10.1 Å². The first kappa shape index (κ1) is 17.9. The van der Waals surface area contributed by atoms with Crippen LogP contribution in [0.3, 0.4) is 0 Å². The molecule has 0 bridgehead atoms. The third-order valence-electron chi connectivity index (χ3n) is 3.62. The lowest BCUT2D eigenvalue weighted by atomic mass is 10.1. The van der Waals surface area contributed by atoms with E-state index >= 15 is 0 Å². The number of ether oxygens (including phenoxy) is 2. The number of halogens is 1. The van der Waals surface area contributed by atoms with Crippen LogP contribution in [-0.2, 0) is 6.42 Å². The molecule has 0 aliphatic carbocycles. The Kier molecular flexibility index (Phi) is 5.52. The van der Waals surface area contributed by atoms with E-state index in [4.69, 9.17) is 13.9 Å². The van der Waals surface area contributed by atoms with Gasteiger partial charge in [0.05, 0.1) is 26.2 Å². The van der Waals surface area contributed by atoms with Gasteiger partial charge in [-0.1, -0.05) is 17.2 Å². The Morgan fingerprint density at radius 1 is 1.08 bits per heavy atom. The van der Waals surface area contributed by atoms with Crippen LogP contribution < -0.4 is 14.8 Å². The van der Waals surface area contributed by atoms with Crippen molar-refractivity contribution in [3.63, 3.8) is 0 Å². The molecule has 1 N–H and O–H groups in total. The van der Waals surface area contributed by atoms with Gasteiger partial charge in [-0.2, -0.15) is 0 Å². The highest BCUT2D eigenvalue weighted by molar-refractivity contribution is 9.10. The Labute approximate surface area is 158 Å². The minimum absolute atomic E-state index is 0.0354. The van der Waals surface area contributed by atoms with E-state index in [2.05, 4.69) is 31.4 Å². The number of amides is 1. The van der Waals surface area contributed by atoms with Gasteiger partial charge in [0.1, 0.15) is 11.5 Å². The monoisotopic (exact) mass is 417 g/mol. The number of hydrogen-bond donors (Lipinski definition) is 1. The number of hydrogen-bond acceptors (Lipinski definition) is 6. The van der Waals surface area contributed by atoms with E-state index < -0.39 is 0 Å². The molecular formula is C18H16BrN3O4. The third kappa shape index (κ3) is 4.20. The number of carbonyl (C=O) groups excluding carboxylic acids is 1. The third-order valence-corrected chi connectivity index (χ3v) is 4.31. The van der Waals surface area contributed by atoms with Crippen LogP contribution in [0.25, 0.3) is 0 Å². The van der Waals surface area contributed by atoms with Crippen molar-refractivity contribution in [1.82, 2.24) is 10.2 Å². The number of anilines is 1. The molecule has 7 nitrogen and oxygen atoms in total. The van der Waals surface area contributed by atoms with Gasteiger partial charge in [0.25, 0.3) is 5.91 Å². The van der Waals surface area contributed by atoms with Gasteiger partial charge in [-0.15, -0.1) is 5.10 Å². The second kappa shape index (κ2) is 8.01. The average molecular weight is 418 g/mol. The van der Waals surface area contributed by atoms with E-state index in [0.29, 0.717) is 28.1 Å². The molecule has 0 aliphatic rings. The molecule has 134 valence electrons. The number of methoxy groups -OCH3 is 2.